The van der Waals surface area contributed by atoms with E-state index in [1.807, 2.05) is 0 Å². The number of aromatic nitrogens is 2. The Labute approximate surface area is 125 Å². The number of aliphatic hydroxyl groups is 1. The van der Waals surface area contributed by atoms with Crippen molar-refractivity contribution in [2.45, 2.75) is 62.5 Å². The average molecular weight is 313 g/mol. The molecule has 7 heteroatoms. The molecule has 0 aromatic carbocycles. The van der Waals surface area contributed by atoms with E-state index in [2.05, 4.69) is 10.2 Å². The number of nitrogens with one attached hydrogen (secondary N) is 1. The van der Waals surface area contributed by atoms with Gasteiger partial charge in [-0.2, -0.15) is 9.40 Å². The molecule has 0 bridgehead atoms. The van der Waals surface area contributed by atoms with Crippen molar-refractivity contribution in [3.63, 3.8) is 0 Å². The second-order valence-electron chi connectivity index (χ2n) is 6.20. The minimum absolute atomic E-state index is 0.0698. The summed E-state index contributed by atoms with van der Waals surface area (Å²) in [5.74, 6) is 0.0724. The summed E-state index contributed by atoms with van der Waals surface area (Å²) in [6, 6.07) is -0.0698. The van der Waals surface area contributed by atoms with Crippen molar-refractivity contribution >= 4 is 10.0 Å². The lowest BCUT2D eigenvalue weighted by atomic mass is 9.81. The number of hydrogen-bond donors (Lipinski definition) is 2. The molecular weight excluding hydrogens is 290 g/mol. The van der Waals surface area contributed by atoms with Gasteiger partial charge in [0.05, 0.1) is 18.0 Å². The number of H-pyrrole nitrogens is 1. The molecule has 2 N–H and O–H groups in total. The van der Waals surface area contributed by atoms with E-state index in [4.69, 9.17) is 0 Å². The third kappa shape index (κ3) is 2.62. The monoisotopic (exact) mass is 313 g/mol. The van der Waals surface area contributed by atoms with Crippen molar-refractivity contribution in [2.24, 2.45) is 5.92 Å². The molecule has 1 aromatic rings. The predicted octanol–water partition coefficient (Wildman–Crippen LogP) is 1.42. The van der Waals surface area contributed by atoms with E-state index >= 15 is 0 Å². The van der Waals surface area contributed by atoms with Gasteiger partial charge in [-0.05, 0) is 32.6 Å². The zero-order valence-electron chi connectivity index (χ0n) is 12.3. The van der Waals surface area contributed by atoms with Crippen LogP contribution in [0, 0.1) is 12.8 Å². The first kappa shape index (κ1) is 15.0. The van der Waals surface area contributed by atoms with Crippen LogP contribution in [-0.4, -0.2) is 46.7 Å². The highest BCUT2D eigenvalue weighted by Crippen LogP contribution is 2.37. The van der Waals surface area contributed by atoms with Crippen LogP contribution in [0.25, 0.3) is 0 Å². The molecule has 3 rings (SSSR count). The van der Waals surface area contributed by atoms with Crippen LogP contribution in [0.2, 0.25) is 0 Å². The highest BCUT2D eigenvalue weighted by Gasteiger charge is 2.43. The van der Waals surface area contributed by atoms with Gasteiger partial charge in [0.15, 0.2) is 0 Å². The maximum Gasteiger partial charge on any atom is 0.246 e. The molecule has 1 saturated carbocycles. The van der Waals surface area contributed by atoms with Crippen molar-refractivity contribution in [3.8, 4) is 0 Å². The summed E-state index contributed by atoms with van der Waals surface area (Å²) in [5, 5.41) is 16.8. The molecule has 118 valence electrons. The Morgan fingerprint density at radius 1 is 1.29 bits per heavy atom. The largest absolute Gasteiger partial charge is 0.393 e. The molecule has 3 atom stereocenters. The van der Waals surface area contributed by atoms with Crippen LogP contribution in [0.3, 0.4) is 0 Å². The van der Waals surface area contributed by atoms with Crippen LogP contribution in [0.1, 0.15) is 44.2 Å². The minimum atomic E-state index is -3.52. The summed E-state index contributed by atoms with van der Waals surface area (Å²) in [4.78, 5) is 0.264. The Balaban J connectivity index is 1.88. The van der Waals surface area contributed by atoms with Gasteiger partial charge in [-0.1, -0.05) is 12.8 Å². The number of nitrogens with zero attached hydrogens (tertiary/aromatic N) is 2. The van der Waals surface area contributed by atoms with Crippen LogP contribution in [0.15, 0.2) is 11.1 Å². The van der Waals surface area contributed by atoms with Crippen LogP contribution in [0.4, 0.5) is 0 Å². The third-order valence-corrected chi connectivity index (χ3v) is 6.93. The van der Waals surface area contributed by atoms with Crippen molar-refractivity contribution < 1.29 is 13.5 Å². The van der Waals surface area contributed by atoms with Gasteiger partial charge in [0, 0.05) is 18.5 Å². The maximum atomic E-state index is 12.9. The molecular formula is C14H23N3O3S. The predicted molar refractivity (Wildman–Crippen MR) is 78.2 cm³/mol. The van der Waals surface area contributed by atoms with Gasteiger partial charge in [0.1, 0.15) is 4.90 Å². The molecule has 1 aromatic heterocycles. The third-order valence-electron chi connectivity index (χ3n) is 4.89. The Kier molecular flexibility index (Phi) is 4.07. The molecule has 1 aliphatic heterocycles. The topological polar surface area (TPSA) is 86.3 Å². The van der Waals surface area contributed by atoms with E-state index in [-0.39, 0.29) is 23.0 Å². The highest BCUT2D eigenvalue weighted by molar-refractivity contribution is 7.89. The second kappa shape index (κ2) is 5.70. The highest BCUT2D eigenvalue weighted by atomic mass is 32.2. The fourth-order valence-corrected chi connectivity index (χ4v) is 5.67. The SMILES string of the molecule is Cc1[nH]ncc1S(=O)(=O)N1CCCC1C1CCCCC1O. The quantitative estimate of drug-likeness (QED) is 0.883. The van der Waals surface area contributed by atoms with Gasteiger partial charge in [0.25, 0.3) is 0 Å². The fraction of sp³-hybridized carbons (Fsp3) is 0.786. The molecule has 2 fully saturated rings. The maximum absolute atomic E-state index is 12.9. The molecule has 0 spiro atoms. The Morgan fingerprint density at radius 3 is 2.71 bits per heavy atom. The van der Waals surface area contributed by atoms with Crippen molar-refractivity contribution in [1.29, 1.82) is 0 Å². The molecule has 6 nitrogen and oxygen atoms in total. The summed E-state index contributed by atoms with van der Waals surface area (Å²) in [6.07, 6.45) is 6.56. The van der Waals surface area contributed by atoms with Gasteiger partial charge in [-0.25, -0.2) is 8.42 Å². The lowest BCUT2D eigenvalue weighted by Gasteiger charge is -2.36. The lowest BCUT2D eigenvalue weighted by molar-refractivity contribution is 0.0386. The first-order valence-corrected chi connectivity index (χ1v) is 9.15. The van der Waals surface area contributed by atoms with E-state index in [1.165, 1.54) is 6.20 Å². The number of aryl methyl sites for hydroxylation is 1. The zero-order chi connectivity index (χ0) is 15.0. The number of aliphatic hydroxyl groups excluding tert-OH is 1. The van der Waals surface area contributed by atoms with Gasteiger partial charge in [-0.15, -0.1) is 0 Å². The minimum Gasteiger partial charge on any atom is -0.393 e. The standard InChI is InChI=1S/C14H23N3O3S/c1-10-14(9-15-16-10)21(19,20)17-8-4-6-12(17)11-5-2-3-7-13(11)18/h9,11-13,18H,2-8H2,1H3,(H,15,16). The Bertz CT molecular complexity index is 598. The van der Waals surface area contributed by atoms with Crippen molar-refractivity contribution in [2.75, 3.05) is 6.54 Å². The van der Waals surface area contributed by atoms with Crippen LogP contribution < -0.4 is 0 Å². The van der Waals surface area contributed by atoms with Crippen molar-refractivity contribution in [3.05, 3.63) is 11.9 Å². The molecule has 3 unspecified atom stereocenters. The molecule has 0 amide bonds. The summed E-state index contributed by atoms with van der Waals surface area (Å²) in [5.41, 5.74) is 0.574. The number of hydrogen-bond acceptors (Lipinski definition) is 4. The fourth-order valence-electron chi connectivity index (χ4n) is 3.81. The van der Waals surface area contributed by atoms with E-state index in [0.29, 0.717) is 12.2 Å². The molecule has 21 heavy (non-hydrogen) atoms. The van der Waals surface area contributed by atoms with E-state index in [0.717, 1.165) is 38.5 Å². The number of aromatic amines is 1. The summed E-state index contributed by atoms with van der Waals surface area (Å²) < 4.78 is 27.3. The number of sulfonamides is 1. The van der Waals surface area contributed by atoms with Crippen LogP contribution in [0.5, 0.6) is 0 Å². The summed E-state index contributed by atoms with van der Waals surface area (Å²) in [6.45, 7) is 2.27. The average Bonchev–Trinajstić information content (AvgIpc) is 3.08. The van der Waals surface area contributed by atoms with Crippen molar-refractivity contribution in [1.82, 2.24) is 14.5 Å². The second-order valence-corrected chi connectivity index (χ2v) is 8.06. The molecule has 1 aliphatic carbocycles. The van der Waals surface area contributed by atoms with E-state index < -0.39 is 10.0 Å². The normalized spacial score (nSPS) is 31.6. The lowest BCUT2D eigenvalue weighted by Crippen LogP contribution is -2.45. The Morgan fingerprint density at radius 2 is 2.05 bits per heavy atom. The van der Waals surface area contributed by atoms with Gasteiger partial charge in [-0.3, -0.25) is 5.10 Å². The Hall–Kier alpha value is -0.920. The smallest absolute Gasteiger partial charge is 0.246 e. The summed E-state index contributed by atoms with van der Waals surface area (Å²) in [7, 11) is -3.52. The van der Waals surface area contributed by atoms with E-state index in [1.54, 1.807) is 11.2 Å². The van der Waals surface area contributed by atoms with Gasteiger partial charge in [0.2, 0.25) is 10.0 Å². The van der Waals surface area contributed by atoms with Gasteiger partial charge >= 0.3 is 0 Å². The molecule has 2 aliphatic rings. The first-order valence-electron chi connectivity index (χ1n) is 7.71. The zero-order valence-corrected chi connectivity index (χ0v) is 13.1. The number of rotatable bonds is 3. The molecule has 0 radical (unpaired) electrons. The van der Waals surface area contributed by atoms with Crippen LogP contribution in [-0.2, 0) is 10.0 Å². The van der Waals surface area contributed by atoms with Crippen LogP contribution >= 0.6 is 0 Å². The van der Waals surface area contributed by atoms with Gasteiger partial charge < -0.3 is 5.11 Å². The molecule has 2 heterocycles. The molecule has 1 saturated heterocycles. The van der Waals surface area contributed by atoms with E-state index in [9.17, 15) is 13.5 Å². The first-order chi connectivity index (χ1) is 10.0. The summed E-state index contributed by atoms with van der Waals surface area (Å²) >= 11 is 0.